The number of rotatable bonds is 0. The highest BCUT2D eigenvalue weighted by Crippen LogP contribution is 2.09. The summed E-state index contributed by atoms with van der Waals surface area (Å²) in [4.78, 5) is 8.30. The summed E-state index contributed by atoms with van der Waals surface area (Å²) in [6.45, 7) is 5.98. The Labute approximate surface area is 78.7 Å². The predicted octanol–water partition coefficient (Wildman–Crippen LogP) is 2.96. The first-order valence-corrected chi connectivity index (χ1v) is 4.53. The third kappa shape index (κ3) is 2.25. The molecule has 0 unspecified atom stereocenters. The first kappa shape index (κ1) is 9.65. The van der Waals surface area contributed by atoms with E-state index in [2.05, 4.69) is 9.97 Å². The molecule has 0 aliphatic rings. The van der Waals surface area contributed by atoms with E-state index in [1.54, 1.807) is 12.4 Å². The molecule has 0 radical (unpaired) electrons. The average Bonchev–Trinajstić information content (AvgIpc) is 2.21. The highest BCUT2D eigenvalue weighted by atomic mass is 14.7. The van der Waals surface area contributed by atoms with Crippen molar-refractivity contribution in [3.05, 3.63) is 36.3 Å². The lowest BCUT2D eigenvalue weighted by molar-refractivity contribution is 1.21. The van der Waals surface area contributed by atoms with Gasteiger partial charge in [0.05, 0.1) is 11.7 Å². The van der Waals surface area contributed by atoms with Gasteiger partial charge in [-0.1, -0.05) is 19.9 Å². The summed E-state index contributed by atoms with van der Waals surface area (Å²) < 4.78 is 0. The second-order valence-electron chi connectivity index (χ2n) is 2.52. The second-order valence-corrected chi connectivity index (χ2v) is 2.52. The molecule has 0 aliphatic heterocycles. The minimum atomic E-state index is 0.957. The van der Waals surface area contributed by atoms with Crippen LogP contribution in [0.3, 0.4) is 0 Å². The van der Waals surface area contributed by atoms with E-state index in [1.807, 2.05) is 39.0 Å². The molecular weight excluding hydrogens is 160 g/mol. The molecule has 2 heterocycles. The Balaban J connectivity index is 0.000000396. The van der Waals surface area contributed by atoms with Crippen molar-refractivity contribution in [3.8, 4) is 0 Å². The quantitative estimate of drug-likeness (QED) is 0.613. The van der Waals surface area contributed by atoms with Crippen LogP contribution in [0.2, 0.25) is 0 Å². The molecule has 0 saturated carbocycles. The Hall–Kier alpha value is -1.44. The van der Waals surface area contributed by atoms with Gasteiger partial charge in [0, 0.05) is 17.3 Å². The second kappa shape index (κ2) is 4.55. The van der Waals surface area contributed by atoms with E-state index in [-0.39, 0.29) is 0 Å². The summed E-state index contributed by atoms with van der Waals surface area (Å²) in [6.07, 6.45) is 3.57. The topological polar surface area (TPSA) is 25.8 Å². The van der Waals surface area contributed by atoms with E-state index in [4.69, 9.17) is 0 Å². The highest BCUT2D eigenvalue weighted by Gasteiger charge is 1.92. The van der Waals surface area contributed by atoms with Crippen LogP contribution in [0.4, 0.5) is 0 Å². The van der Waals surface area contributed by atoms with E-state index in [0.29, 0.717) is 0 Å². The molecule has 0 amide bonds. The molecule has 68 valence electrons. The monoisotopic (exact) mass is 174 g/mol. The number of fused-ring (bicyclic) bond motifs is 1. The normalized spacial score (nSPS) is 9.15. The fourth-order valence-electron chi connectivity index (χ4n) is 1.09. The first-order chi connectivity index (χ1) is 6.36. The largest absolute Gasteiger partial charge is 0.259 e. The molecule has 2 nitrogen and oxygen atoms in total. The Morgan fingerprint density at radius 3 is 2.69 bits per heavy atom. The Kier molecular flexibility index (Phi) is 3.38. The maximum atomic E-state index is 4.16. The number of aromatic nitrogens is 2. The van der Waals surface area contributed by atoms with Crippen molar-refractivity contribution in [3.63, 3.8) is 0 Å². The Morgan fingerprint density at radius 2 is 1.92 bits per heavy atom. The van der Waals surface area contributed by atoms with Crippen LogP contribution < -0.4 is 0 Å². The Morgan fingerprint density at radius 1 is 1.15 bits per heavy atom. The van der Waals surface area contributed by atoms with Crippen LogP contribution in [0.15, 0.2) is 30.6 Å². The van der Waals surface area contributed by atoms with Gasteiger partial charge in [-0.15, -0.1) is 0 Å². The fourth-order valence-corrected chi connectivity index (χ4v) is 1.09. The van der Waals surface area contributed by atoms with Crippen LogP contribution in [0.1, 0.15) is 19.5 Å². The third-order valence-electron chi connectivity index (χ3n) is 1.63. The van der Waals surface area contributed by atoms with E-state index in [1.165, 1.54) is 0 Å². The summed E-state index contributed by atoms with van der Waals surface area (Å²) >= 11 is 0. The average molecular weight is 174 g/mol. The summed E-state index contributed by atoms with van der Waals surface area (Å²) in [5.41, 5.74) is 1.99. The highest BCUT2D eigenvalue weighted by molar-refractivity contribution is 5.77. The minimum Gasteiger partial charge on any atom is -0.259 e. The zero-order valence-corrected chi connectivity index (χ0v) is 8.28. The van der Waals surface area contributed by atoms with Gasteiger partial charge in [-0.3, -0.25) is 9.97 Å². The van der Waals surface area contributed by atoms with Crippen molar-refractivity contribution in [1.29, 1.82) is 0 Å². The predicted molar refractivity (Wildman–Crippen MR) is 55.6 cm³/mol. The van der Waals surface area contributed by atoms with Crippen LogP contribution in [0.25, 0.3) is 10.9 Å². The van der Waals surface area contributed by atoms with E-state index in [9.17, 15) is 0 Å². The lowest BCUT2D eigenvalue weighted by Gasteiger charge is -1.95. The van der Waals surface area contributed by atoms with Gasteiger partial charge in [0.15, 0.2) is 0 Å². The van der Waals surface area contributed by atoms with Crippen molar-refractivity contribution in [2.75, 3.05) is 0 Å². The molecule has 0 fully saturated rings. The molecule has 0 aliphatic carbocycles. The van der Waals surface area contributed by atoms with Crippen molar-refractivity contribution in [2.24, 2.45) is 0 Å². The van der Waals surface area contributed by atoms with Gasteiger partial charge in [-0.2, -0.15) is 0 Å². The van der Waals surface area contributed by atoms with E-state index in [0.717, 1.165) is 16.6 Å². The number of nitrogens with zero attached hydrogens (tertiary/aromatic N) is 2. The molecule has 13 heavy (non-hydrogen) atoms. The SMILES string of the molecule is CC.Cc1cc2cccnc2cn1. The summed E-state index contributed by atoms with van der Waals surface area (Å²) in [7, 11) is 0. The van der Waals surface area contributed by atoms with Crippen molar-refractivity contribution in [2.45, 2.75) is 20.8 Å². The maximum Gasteiger partial charge on any atom is 0.0885 e. The van der Waals surface area contributed by atoms with E-state index < -0.39 is 0 Å². The van der Waals surface area contributed by atoms with Gasteiger partial charge in [-0.05, 0) is 19.1 Å². The molecular formula is C11H14N2. The number of hydrogen-bond acceptors (Lipinski definition) is 2. The maximum absolute atomic E-state index is 4.16. The van der Waals surface area contributed by atoms with Gasteiger partial charge in [0.2, 0.25) is 0 Å². The molecule has 0 bridgehead atoms. The fraction of sp³-hybridized carbons (Fsp3) is 0.273. The minimum absolute atomic E-state index is 0.957. The lowest BCUT2D eigenvalue weighted by atomic mass is 10.2. The van der Waals surface area contributed by atoms with Crippen LogP contribution in [0, 0.1) is 6.92 Å². The molecule has 0 saturated heterocycles. The molecule has 2 aromatic heterocycles. The first-order valence-electron chi connectivity index (χ1n) is 4.53. The molecule has 0 atom stereocenters. The van der Waals surface area contributed by atoms with Gasteiger partial charge >= 0.3 is 0 Å². The standard InChI is InChI=1S/C9H8N2.C2H6/c1-7-5-8-3-2-4-10-9(8)6-11-7;1-2/h2-6H,1H3;1-2H3. The van der Waals surface area contributed by atoms with Crippen LogP contribution in [-0.4, -0.2) is 9.97 Å². The summed E-state index contributed by atoms with van der Waals surface area (Å²) in [6, 6.07) is 6.00. The smallest absolute Gasteiger partial charge is 0.0885 e. The van der Waals surface area contributed by atoms with Gasteiger partial charge < -0.3 is 0 Å². The molecule has 2 aromatic rings. The number of hydrogen-bond donors (Lipinski definition) is 0. The van der Waals surface area contributed by atoms with Crippen LogP contribution in [-0.2, 0) is 0 Å². The summed E-state index contributed by atoms with van der Waals surface area (Å²) in [5.74, 6) is 0. The van der Waals surface area contributed by atoms with Gasteiger partial charge in [-0.25, -0.2) is 0 Å². The summed E-state index contributed by atoms with van der Waals surface area (Å²) in [5, 5.41) is 1.15. The molecule has 0 N–H and O–H groups in total. The van der Waals surface area contributed by atoms with Crippen molar-refractivity contribution in [1.82, 2.24) is 9.97 Å². The van der Waals surface area contributed by atoms with Crippen LogP contribution in [0.5, 0.6) is 0 Å². The molecule has 0 aromatic carbocycles. The van der Waals surface area contributed by atoms with Crippen LogP contribution >= 0.6 is 0 Å². The number of aryl methyl sites for hydroxylation is 1. The van der Waals surface area contributed by atoms with Crippen molar-refractivity contribution < 1.29 is 0 Å². The zero-order valence-electron chi connectivity index (χ0n) is 8.28. The third-order valence-corrected chi connectivity index (χ3v) is 1.63. The van der Waals surface area contributed by atoms with Gasteiger partial charge in [0.1, 0.15) is 0 Å². The molecule has 2 heteroatoms. The zero-order chi connectivity index (χ0) is 9.68. The lowest BCUT2D eigenvalue weighted by Crippen LogP contribution is -1.82. The number of pyridine rings is 2. The Bertz CT molecular complexity index is 383. The van der Waals surface area contributed by atoms with Gasteiger partial charge in [0.25, 0.3) is 0 Å². The molecule has 2 rings (SSSR count). The van der Waals surface area contributed by atoms with Crippen molar-refractivity contribution >= 4 is 10.9 Å². The van der Waals surface area contributed by atoms with E-state index >= 15 is 0 Å². The molecule has 0 spiro atoms.